The highest BCUT2D eigenvalue weighted by atomic mass is 35.5. The first-order valence-electron chi connectivity index (χ1n) is 3.39. The monoisotopic (exact) mass is 180 g/mol. The number of halogens is 1. The minimum absolute atomic E-state index is 0.394. The van der Waals surface area contributed by atoms with E-state index in [1.165, 1.54) is 0 Å². The second kappa shape index (κ2) is 2.60. The quantitative estimate of drug-likeness (QED) is 0.539. The van der Waals surface area contributed by atoms with E-state index < -0.39 is 0 Å². The van der Waals surface area contributed by atoms with E-state index >= 15 is 0 Å². The number of aromatic nitrogens is 2. The topological polar surface area (TPSA) is 45.8 Å². The minimum Gasteiger partial charge on any atom is -0.359 e. The fraction of sp³-hybridized carbons (Fsp3) is 0. The number of H-pyrrole nitrogens is 1. The third kappa shape index (κ3) is 0.987. The summed E-state index contributed by atoms with van der Waals surface area (Å²) in [5.41, 5.74) is 1.43. The third-order valence-corrected chi connectivity index (χ3v) is 1.90. The van der Waals surface area contributed by atoms with Crippen molar-refractivity contribution < 1.29 is 4.79 Å². The van der Waals surface area contributed by atoms with E-state index in [-0.39, 0.29) is 0 Å². The number of nitrogens with zero attached hydrogens (tertiary/aromatic N) is 1. The lowest BCUT2D eigenvalue weighted by molar-refractivity contribution is 0.112. The van der Waals surface area contributed by atoms with Crippen molar-refractivity contribution in [3.05, 3.63) is 29.2 Å². The second-order valence-corrected chi connectivity index (χ2v) is 2.80. The van der Waals surface area contributed by atoms with Crippen LogP contribution in [0, 0.1) is 0 Å². The van der Waals surface area contributed by atoms with Crippen LogP contribution >= 0.6 is 11.6 Å². The largest absolute Gasteiger partial charge is 0.359 e. The zero-order chi connectivity index (χ0) is 8.55. The molecule has 0 aliphatic carbocycles. The molecule has 0 saturated carbocycles. The predicted octanol–water partition coefficient (Wildman–Crippen LogP) is 2.03. The lowest BCUT2D eigenvalue weighted by Crippen LogP contribution is -1.77. The molecule has 12 heavy (non-hydrogen) atoms. The smallest absolute Gasteiger partial charge is 0.152 e. The average Bonchev–Trinajstić information content (AvgIpc) is 2.46. The molecule has 1 N–H and O–H groups in total. The fourth-order valence-electron chi connectivity index (χ4n) is 1.11. The summed E-state index contributed by atoms with van der Waals surface area (Å²) >= 11 is 5.66. The van der Waals surface area contributed by atoms with E-state index in [9.17, 15) is 4.79 Å². The predicted molar refractivity (Wildman–Crippen MR) is 46.5 cm³/mol. The van der Waals surface area contributed by atoms with Crippen LogP contribution in [-0.2, 0) is 0 Å². The van der Waals surface area contributed by atoms with E-state index in [2.05, 4.69) is 9.97 Å². The molecule has 3 nitrogen and oxygen atoms in total. The van der Waals surface area contributed by atoms with Crippen LogP contribution in [0.3, 0.4) is 0 Å². The Balaban J connectivity index is 2.83. The van der Waals surface area contributed by atoms with E-state index in [0.717, 1.165) is 17.2 Å². The number of aldehydes is 1. The number of carbonyl (C=O) groups excluding carboxylic acids is 1. The van der Waals surface area contributed by atoms with Crippen molar-refractivity contribution in [1.82, 2.24) is 9.97 Å². The number of fused-ring (bicyclic) bond motifs is 1. The Morgan fingerprint density at radius 3 is 3.17 bits per heavy atom. The molecule has 0 fully saturated rings. The summed E-state index contributed by atoms with van der Waals surface area (Å²) in [6.45, 7) is 0. The molecular weight excluding hydrogens is 176 g/mol. The zero-order valence-electron chi connectivity index (χ0n) is 6.04. The van der Waals surface area contributed by atoms with E-state index in [4.69, 9.17) is 11.6 Å². The molecule has 0 saturated heterocycles. The van der Waals surface area contributed by atoms with E-state index in [1.54, 1.807) is 18.5 Å². The van der Waals surface area contributed by atoms with Gasteiger partial charge < -0.3 is 4.98 Å². The molecule has 0 spiro atoms. The summed E-state index contributed by atoms with van der Waals surface area (Å²) in [6, 6.07) is 1.66. The van der Waals surface area contributed by atoms with Crippen molar-refractivity contribution in [3.8, 4) is 0 Å². The summed E-state index contributed by atoms with van der Waals surface area (Å²) in [5.74, 6) is 0. The molecule has 2 heterocycles. The number of hydrogen-bond donors (Lipinski definition) is 1. The van der Waals surface area contributed by atoms with Crippen molar-refractivity contribution in [2.45, 2.75) is 0 Å². The van der Waals surface area contributed by atoms with Crippen LogP contribution < -0.4 is 0 Å². The van der Waals surface area contributed by atoms with Gasteiger partial charge in [0.15, 0.2) is 6.29 Å². The van der Waals surface area contributed by atoms with Gasteiger partial charge in [0.25, 0.3) is 0 Å². The number of rotatable bonds is 1. The highest BCUT2D eigenvalue weighted by molar-refractivity contribution is 6.30. The highest BCUT2D eigenvalue weighted by Crippen LogP contribution is 2.18. The Morgan fingerprint density at radius 1 is 1.58 bits per heavy atom. The number of nitrogens with one attached hydrogen (secondary N) is 1. The Labute approximate surface area is 73.4 Å². The first-order chi connectivity index (χ1) is 5.81. The number of hydrogen-bond acceptors (Lipinski definition) is 2. The number of pyridine rings is 1. The SMILES string of the molecule is O=Cc1c[nH]c2cnc(Cl)cc12. The summed E-state index contributed by atoms with van der Waals surface area (Å²) in [5, 5.41) is 1.20. The normalized spacial score (nSPS) is 10.4. The Hall–Kier alpha value is -1.35. The van der Waals surface area contributed by atoms with Crippen LogP contribution in [0.5, 0.6) is 0 Å². The molecule has 0 aromatic carbocycles. The van der Waals surface area contributed by atoms with Crippen LogP contribution in [0.25, 0.3) is 10.9 Å². The van der Waals surface area contributed by atoms with Gasteiger partial charge in [0.2, 0.25) is 0 Å². The molecule has 0 bridgehead atoms. The van der Waals surface area contributed by atoms with Gasteiger partial charge in [-0.3, -0.25) is 4.79 Å². The van der Waals surface area contributed by atoms with Crippen LogP contribution in [0.15, 0.2) is 18.5 Å². The molecule has 2 aromatic rings. The van der Waals surface area contributed by atoms with Gasteiger partial charge in [-0.15, -0.1) is 0 Å². The Morgan fingerprint density at radius 2 is 2.42 bits per heavy atom. The number of carbonyl (C=O) groups is 1. The minimum atomic E-state index is 0.394. The van der Waals surface area contributed by atoms with Gasteiger partial charge in [-0.1, -0.05) is 11.6 Å². The average molecular weight is 181 g/mol. The van der Waals surface area contributed by atoms with E-state index in [1.807, 2.05) is 0 Å². The van der Waals surface area contributed by atoms with Crippen LogP contribution in [0.4, 0.5) is 0 Å². The maximum absolute atomic E-state index is 10.5. The molecule has 0 aliphatic heterocycles. The lowest BCUT2D eigenvalue weighted by atomic mass is 10.2. The van der Waals surface area contributed by atoms with Crippen LogP contribution in [0.1, 0.15) is 10.4 Å². The maximum Gasteiger partial charge on any atom is 0.152 e. The van der Waals surface area contributed by atoms with Crippen molar-refractivity contribution in [3.63, 3.8) is 0 Å². The molecule has 0 amide bonds. The third-order valence-electron chi connectivity index (χ3n) is 1.69. The van der Waals surface area contributed by atoms with Gasteiger partial charge in [0, 0.05) is 17.1 Å². The van der Waals surface area contributed by atoms with Crippen molar-refractivity contribution in [2.75, 3.05) is 0 Å². The van der Waals surface area contributed by atoms with Crippen molar-refractivity contribution in [2.24, 2.45) is 0 Å². The van der Waals surface area contributed by atoms with Gasteiger partial charge in [-0.25, -0.2) is 4.98 Å². The molecule has 0 aliphatic rings. The highest BCUT2D eigenvalue weighted by Gasteiger charge is 2.02. The molecule has 60 valence electrons. The van der Waals surface area contributed by atoms with Gasteiger partial charge in [-0.2, -0.15) is 0 Å². The Bertz CT molecular complexity index is 436. The summed E-state index contributed by atoms with van der Waals surface area (Å²) in [7, 11) is 0. The van der Waals surface area contributed by atoms with Gasteiger partial charge >= 0.3 is 0 Å². The lowest BCUT2D eigenvalue weighted by Gasteiger charge is -1.90. The summed E-state index contributed by atoms with van der Waals surface area (Å²) in [6.07, 6.45) is 4.02. The van der Waals surface area contributed by atoms with E-state index in [0.29, 0.717) is 10.7 Å². The van der Waals surface area contributed by atoms with Gasteiger partial charge in [0.1, 0.15) is 5.15 Å². The summed E-state index contributed by atoms with van der Waals surface area (Å²) in [4.78, 5) is 17.3. The first-order valence-corrected chi connectivity index (χ1v) is 3.77. The number of aromatic amines is 1. The van der Waals surface area contributed by atoms with Crippen LogP contribution in [0.2, 0.25) is 5.15 Å². The van der Waals surface area contributed by atoms with Gasteiger partial charge in [-0.05, 0) is 6.07 Å². The summed E-state index contributed by atoms with van der Waals surface area (Å²) < 4.78 is 0. The molecule has 2 aromatic heterocycles. The van der Waals surface area contributed by atoms with Crippen LogP contribution in [-0.4, -0.2) is 16.3 Å². The molecule has 0 atom stereocenters. The molecule has 0 radical (unpaired) electrons. The fourth-order valence-corrected chi connectivity index (χ4v) is 1.27. The Kier molecular flexibility index (Phi) is 1.59. The molecule has 2 rings (SSSR count). The molecular formula is C8H5ClN2O. The molecule has 0 unspecified atom stereocenters. The van der Waals surface area contributed by atoms with Crippen molar-refractivity contribution in [1.29, 1.82) is 0 Å². The van der Waals surface area contributed by atoms with Crippen molar-refractivity contribution >= 4 is 28.8 Å². The zero-order valence-corrected chi connectivity index (χ0v) is 6.80. The maximum atomic E-state index is 10.5. The second-order valence-electron chi connectivity index (χ2n) is 2.41. The van der Waals surface area contributed by atoms with Gasteiger partial charge in [0.05, 0.1) is 11.7 Å². The standard InChI is InChI=1S/C8H5ClN2O/c9-8-1-6-5(4-12)2-10-7(6)3-11-8/h1-4,10H. The first kappa shape index (κ1) is 7.31. The molecule has 4 heteroatoms.